The molecule has 1 amide bonds. The number of carbonyl (C=O) groups excluding carboxylic acids is 1. The summed E-state index contributed by atoms with van der Waals surface area (Å²) in [6.45, 7) is 0.0826. The van der Waals surface area contributed by atoms with E-state index in [0.717, 1.165) is 6.42 Å². The van der Waals surface area contributed by atoms with E-state index in [1.807, 2.05) is 0 Å². The molecule has 0 atom stereocenters. The van der Waals surface area contributed by atoms with Gasteiger partial charge in [-0.3, -0.25) is 4.79 Å². The Kier molecular flexibility index (Phi) is 7.56. The molecule has 0 radical (unpaired) electrons. The number of unbranched alkanes of at least 4 members (excludes halogenated alkanes) is 1. The first-order valence-electron chi connectivity index (χ1n) is 4.85. The van der Waals surface area contributed by atoms with Crippen LogP contribution in [0.3, 0.4) is 0 Å². The zero-order chi connectivity index (χ0) is 11.7. The molecule has 0 heterocycles. The highest BCUT2D eigenvalue weighted by atomic mass is 35.5. The van der Waals surface area contributed by atoms with Crippen LogP contribution in [-0.2, 0) is 4.79 Å². The van der Waals surface area contributed by atoms with Gasteiger partial charge in [0.25, 0.3) is 0 Å². The maximum atomic E-state index is 11.7. The molecular formula is C9H15ClF3NO. The first-order chi connectivity index (χ1) is 6.95. The standard InChI is InChI=1S/C9H15ClF3NO/c10-6-2-1-4-8(15)14-7-3-5-9(11,12)13/h1-7H2,(H,14,15). The van der Waals surface area contributed by atoms with E-state index in [2.05, 4.69) is 5.32 Å². The molecule has 0 saturated heterocycles. The Hall–Kier alpha value is -0.450. The normalized spacial score (nSPS) is 11.5. The minimum atomic E-state index is -4.14. The zero-order valence-corrected chi connectivity index (χ0v) is 9.13. The number of alkyl halides is 4. The number of amides is 1. The van der Waals surface area contributed by atoms with Crippen molar-refractivity contribution in [1.29, 1.82) is 0 Å². The van der Waals surface area contributed by atoms with Crippen LogP contribution in [0.5, 0.6) is 0 Å². The second-order valence-corrected chi connectivity index (χ2v) is 3.59. The second kappa shape index (κ2) is 7.79. The van der Waals surface area contributed by atoms with Gasteiger partial charge in [-0.25, -0.2) is 0 Å². The molecule has 6 heteroatoms. The number of rotatable bonds is 7. The van der Waals surface area contributed by atoms with Crippen molar-refractivity contribution in [3.05, 3.63) is 0 Å². The predicted molar refractivity (Wildman–Crippen MR) is 52.9 cm³/mol. The molecule has 0 aromatic rings. The lowest BCUT2D eigenvalue weighted by Crippen LogP contribution is -2.25. The van der Waals surface area contributed by atoms with E-state index >= 15 is 0 Å². The van der Waals surface area contributed by atoms with Gasteiger partial charge in [-0.05, 0) is 19.3 Å². The van der Waals surface area contributed by atoms with Crippen LogP contribution >= 0.6 is 11.6 Å². The highest BCUT2D eigenvalue weighted by molar-refractivity contribution is 6.17. The van der Waals surface area contributed by atoms with Gasteiger partial charge in [0.05, 0.1) is 0 Å². The van der Waals surface area contributed by atoms with Gasteiger partial charge in [-0.1, -0.05) is 0 Å². The van der Waals surface area contributed by atoms with Crippen molar-refractivity contribution in [2.24, 2.45) is 0 Å². The molecule has 0 aliphatic carbocycles. The monoisotopic (exact) mass is 245 g/mol. The van der Waals surface area contributed by atoms with Crippen LogP contribution in [0.1, 0.15) is 32.1 Å². The van der Waals surface area contributed by atoms with Crippen LogP contribution in [0.4, 0.5) is 13.2 Å². The Labute approximate surface area is 92.2 Å². The number of hydrogen-bond acceptors (Lipinski definition) is 1. The van der Waals surface area contributed by atoms with Crippen LogP contribution < -0.4 is 5.32 Å². The number of hydrogen-bond donors (Lipinski definition) is 1. The molecule has 0 spiro atoms. The van der Waals surface area contributed by atoms with Crippen LogP contribution in [0.15, 0.2) is 0 Å². The van der Waals surface area contributed by atoms with E-state index in [0.29, 0.717) is 18.7 Å². The minimum absolute atomic E-state index is 0.0647. The summed E-state index contributed by atoms with van der Waals surface area (Å²) < 4.78 is 35.1. The van der Waals surface area contributed by atoms with Gasteiger partial charge in [-0.15, -0.1) is 11.6 Å². The van der Waals surface area contributed by atoms with Crippen molar-refractivity contribution in [1.82, 2.24) is 5.32 Å². The first kappa shape index (κ1) is 14.6. The van der Waals surface area contributed by atoms with E-state index in [9.17, 15) is 18.0 Å². The smallest absolute Gasteiger partial charge is 0.356 e. The number of nitrogens with one attached hydrogen (secondary N) is 1. The summed E-state index contributed by atoms with van der Waals surface area (Å²) in [5, 5.41) is 2.43. The third-order valence-corrected chi connectivity index (χ3v) is 2.01. The largest absolute Gasteiger partial charge is 0.389 e. The van der Waals surface area contributed by atoms with Crippen molar-refractivity contribution in [2.75, 3.05) is 12.4 Å². The fourth-order valence-corrected chi connectivity index (χ4v) is 1.17. The average molecular weight is 246 g/mol. The maximum Gasteiger partial charge on any atom is 0.389 e. The second-order valence-electron chi connectivity index (χ2n) is 3.21. The predicted octanol–water partition coefficient (Wildman–Crippen LogP) is 2.85. The first-order valence-corrected chi connectivity index (χ1v) is 5.38. The van der Waals surface area contributed by atoms with Gasteiger partial charge in [0.15, 0.2) is 0 Å². The lowest BCUT2D eigenvalue weighted by Gasteiger charge is -2.07. The highest BCUT2D eigenvalue weighted by Gasteiger charge is 2.25. The molecule has 0 bridgehead atoms. The van der Waals surface area contributed by atoms with Crippen LogP contribution in [0.25, 0.3) is 0 Å². The van der Waals surface area contributed by atoms with Crippen molar-refractivity contribution < 1.29 is 18.0 Å². The molecule has 2 nitrogen and oxygen atoms in total. The molecule has 0 saturated carbocycles. The summed E-state index contributed by atoms with van der Waals surface area (Å²) in [4.78, 5) is 11.0. The van der Waals surface area contributed by atoms with E-state index in [-0.39, 0.29) is 18.9 Å². The molecule has 0 aromatic heterocycles. The van der Waals surface area contributed by atoms with Gasteiger partial charge < -0.3 is 5.32 Å². The fraction of sp³-hybridized carbons (Fsp3) is 0.889. The molecule has 15 heavy (non-hydrogen) atoms. The molecule has 0 fully saturated rings. The summed E-state index contributed by atoms with van der Waals surface area (Å²) in [6, 6.07) is 0. The molecule has 90 valence electrons. The zero-order valence-electron chi connectivity index (χ0n) is 8.37. The third kappa shape index (κ3) is 11.5. The van der Waals surface area contributed by atoms with Gasteiger partial charge in [0.2, 0.25) is 5.91 Å². The highest BCUT2D eigenvalue weighted by Crippen LogP contribution is 2.20. The van der Waals surface area contributed by atoms with E-state index in [1.165, 1.54) is 0 Å². The van der Waals surface area contributed by atoms with Gasteiger partial charge in [0.1, 0.15) is 0 Å². The molecule has 0 aliphatic heterocycles. The Morgan fingerprint density at radius 3 is 2.40 bits per heavy atom. The van der Waals surface area contributed by atoms with E-state index in [1.54, 1.807) is 0 Å². The van der Waals surface area contributed by atoms with Crippen LogP contribution in [0.2, 0.25) is 0 Å². The van der Waals surface area contributed by atoms with Gasteiger partial charge >= 0.3 is 6.18 Å². The van der Waals surface area contributed by atoms with E-state index in [4.69, 9.17) is 11.6 Å². The van der Waals surface area contributed by atoms with Crippen molar-refractivity contribution >= 4 is 17.5 Å². The quantitative estimate of drug-likeness (QED) is 0.542. The molecule has 0 unspecified atom stereocenters. The maximum absolute atomic E-state index is 11.7. The Morgan fingerprint density at radius 1 is 1.20 bits per heavy atom. The third-order valence-electron chi connectivity index (χ3n) is 1.75. The summed E-state index contributed by atoms with van der Waals surface area (Å²) in [5.41, 5.74) is 0. The molecular weight excluding hydrogens is 231 g/mol. The van der Waals surface area contributed by atoms with Gasteiger partial charge in [-0.2, -0.15) is 13.2 Å². The van der Waals surface area contributed by atoms with Crippen LogP contribution in [0, 0.1) is 0 Å². The molecule has 0 rings (SSSR count). The van der Waals surface area contributed by atoms with Crippen molar-refractivity contribution in [3.63, 3.8) is 0 Å². The fourth-order valence-electron chi connectivity index (χ4n) is 0.985. The van der Waals surface area contributed by atoms with Gasteiger partial charge in [0, 0.05) is 25.3 Å². The topological polar surface area (TPSA) is 29.1 Å². The van der Waals surface area contributed by atoms with Crippen molar-refractivity contribution in [2.45, 2.75) is 38.3 Å². The summed E-state index contributed by atoms with van der Waals surface area (Å²) in [6.07, 6.45) is -3.30. The summed E-state index contributed by atoms with van der Waals surface area (Å²) in [7, 11) is 0. The number of halogens is 4. The van der Waals surface area contributed by atoms with Crippen LogP contribution in [-0.4, -0.2) is 24.5 Å². The molecule has 0 aliphatic rings. The molecule has 1 N–H and O–H groups in total. The average Bonchev–Trinajstić information content (AvgIpc) is 2.11. The lowest BCUT2D eigenvalue weighted by atomic mass is 10.2. The summed E-state index contributed by atoms with van der Waals surface area (Å²) >= 11 is 5.41. The summed E-state index contributed by atoms with van der Waals surface area (Å²) in [5.74, 6) is 0.295. The number of carbonyl (C=O) groups is 1. The Morgan fingerprint density at radius 2 is 1.87 bits per heavy atom. The Bertz CT molecular complexity index is 185. The SMILES string of the molecule is O=C(CCCCCl)NCCCC(F)(F)F. The van der Waals surface area contributed by atoms with E-state index < -0.39 is 12.6 Å². The van der Waals surface area contributed by atoms with Crippen molar-refractivity contribution in [3.8, 4) is 0 Å². The molecule has 0 aromatic carbocycles. The Balaban J connectivity index is 3.32. The minimum Gasteiger partial charge on any atom is -0.356 e. The lowest BCUT2D eigenvalue weighted by molar-refractivity contribution is -0.136.